The number of hydrogen-bond donors (Lipinski definition) is 1. The Hall–Kier alpha value is -1.89. The number of carbonyl (C=O) groups excluding carboxylic acids is 3. The van der Waals surface area contributed by atoms with Crippen molar-refractivity contribution in [2.75, 3.05) is 25.5 Å². The fourth-order valence-corrected chi connectivity index (χ4v) is 4.99. The molecule has 0 saturated carbocycles. The van der Waals surface area contributed by atoms with Gasteiger partial charge in [-0.15, -0.1) is 11.3 Å². The Labute approximate surface area is 157 Å². The molecule has 0 radical (unpaired) electrons. The van der Waals surface area contributed by atoms with Gasteiger partial charge in [0.05, 0.1) is 19.2 Å². The molecule has 142 valence electrons. The van der Waals surface area contributed by atoms with E-state index >= 15 is 0 Å². The van der Waals surface area contributed by atoms with E-state index in [9.17, 15) is 14.4 Å². The number of anilines is 1. The van der Waals surface area contributed by atoms with Gasteiger partial charge in [0.2, 0.25) is 11.8 Å². The molecular weight excluding hydrogens is 352 g/mol. The number of ether oxygens (including phenoxy) is 1. The molecule has 0 aromatic carbocycles. The van der Waals surface area contributed by atoms with Crippen LogP contribution in [0.4, 0.5) is 5.00 Å². The third-order valence-electron chi connectivity index (χ3n) is 5.07. The number of likely N-dealkylation sites (tertiary alicyclic amines) is 1. The van der Waals surface area contributed by atoms with Crippen molar-refractivity contribution in [1.29, 1.82) is 0 Å². The quantitative estimate of drug-likeness (QED) is 0.645. The summed E-state index contributed by atoms with van der Waals surface area (Å²) in [7, 11) is 1.37. The van der Waals surface area contributed by atoms with E-state index in [0.29, 0.717) is 23.5 Å². The largest absolute Gasteiger partial charge is 0.465 e. The van der Waals surface area contributed by atoms with Crippen LogP contribution in [0.1, 0.15) is 65.7 Å². The van der Waals surface area contributed by atoms with Crippen LogP contribution in [-0.2, 0) is 27.2 Å². The number of nitrogens with zero attached hydrogens (tertiary/aromatic N) is 1. The first kappa shape index (κ1) is 18.9. The number of rotatable bonds is 4. The van der Waals surface area contributed by atoms with Gasteiger partial charge in [-0.25, -0.2) is 4.79 Å². The Balaban J connectivity index is 1.77. The van der Waals surface area contributed by atoms with E-state index in [-0.39, 0.29) is 18.4 Å². The summed E-state index contributed by atoms with van der Waals surface area (Å²) in [6, 6.07) is 0. The van der Waals surface area contributed by atoms with Gasteiger partial charge in [-0.2, -0.15) is 0 Å². The zero-order valence-electron chi connectivity index (χ0n) is 15.3. The molecule has 3 rings (SSSR count). The Kier molecular flexibility index (Phi) is 6.29. The van der Waals surface area contributed by atoms with E-state index in [1.54, 1.807) is 4.90 Å². The molecule has 7 heteroatoms. The van der Waals surface area contributed by atoms with Crippen LogP contribution in [0.5, 0.6) is 0 Å². The lowest BCUT2D eigenvalue weighted by atomic mass is 10.1. The minimum absolute atomic E-state index is 0.0350. The average Bonchev–Trinajstić information content (AvgIpc) is 2.77. The van der Waals surface area contributed by atoms with Crippen molar-refractivity contribution in [2.45, 2.75) is 57.8 Å². The van der Waals surface area contributed by atoms with Crippen LogP contribution in [0.3, 0.4) is 0 Å². The van der Waals surface area contributed by atoms with E-state index in [1.165, 1.54) is 23.3 Å². The normalized spacial score (nSPS) is 17.9. The maximum absolute atomic E-state index is 12.5. The molecule has 1 aromatic rings. The van der Waals surface area contributed by atoms with Crippen molar-refractivity contribution in [3.8, 4) is 0 Å². The van der Waals surface area contributed by atoms with Crippen molar-refractivity contribution in [1.82, 2.24) is 4.90 Å². The molecule has 6 nitrogen and oxygen atoms in total. The fraction of sp³-hybridized carbons (Fsp3) is 0.632. The van der Waals surface area contributed by atoms with Crippen molar-refractivity contribution in [2.24, 2.45) is 0 Å². The topological polar surface area (TPSA) is 75.7 Å². The van der Waals surface area contributed by atoms with Gasteiger partial charge in [-0.05, 0) is 44.1 Å². The van der Waals surface area contributed by atoms with Gasteiger partial charge in [-0.3, -0.25) is 9.59 Å². The maximum atomic E-state index is 12.5. The highest BCUT2D eigenvalue weighted by molar-refractivity contribution is 7.17. The molecule has 1 saturated heterocycles. The summed E-state index contributed by atoms with van der Waals surface area (Å²) in [5.41, 5.74) is 1.53. The van der Waals surface area contributed by atoms with Gasteiger partial charge >= 0.3 is 5.97 Å². The molecule has 0 atom stereocenters. The molecule has 1 aliphatic carbocycles. The minimum atomic E-state index is -0.398. The van der Waals surface area contributed by atoms with Gasteiger partial charge in [0.15, 0.2) is 0 Å². The molecule has 0 spiro atoms. The number of methoxy groups -OCH3 is 1. The highest BCUT2D eigenvalue weighted by Gasteiger charge is 2.27. The third-order valence-corrected chi connectivity index (χ3v) is 6.28. The molecule has 0 bridgehead atoms. The van der Waals surface area contributed by atoms with Crippen LogP contribution in [-0.4, -0.2) is 42.9 Å². The second-order valence-corrected chi connectivity index (χ2v) is 8.04. The average molecular weight is 378 g/mol. The monoisotopic (exact) mass is 378 g/mol. The molecule has 1 fully saturated rings. The maximum Gasteiger partial charge on any atom is 0.341 e. The first-order valence-electron chi connectivity index (χ1n) is 9.40. The third kappa shape index (κ3) is 4.26. The van der Waals surface area contributed by atoms with E-state index in [0.717, 1.165) is 56.9 Å². The first-order valence-corrected chi connectivity index (χ1v) is 10.2. The molecule has 2 aliphatic rings. The molecule has 26 heavy (non-hydrogen) atoms. The highest BCUT2D eigenvalue weighted by Crippen LogP contribution is 2.37. The van der Waals surface area contributed by atoms with Gasteiger partial charge in [0.1, 0.15) is 5.00 Å². The Morgan fingerprint density at radius 3 is 2.62 bits per heavy atom. The zero-order valence-corrected chi connectivity index (χ0v) is 16.1. The Morgan fingerprint density at radius 2 is 1.81 bits per heavy atom. The Bertz CT molecular complexity index is 698. The number of nitrogens with one attached hydrogen (secondary N) is 1. The van der Waals surface area contributed by atoms with Gasteiger partial charge in [-0.1, -0.05) is 12.8 Å². The van der Waals surface area contributed by atoms with E-state index in [1.807, 2.05) is 0 Å². The molecule has 1 aromatic heterocycles. The standard InChI is InChI=1S/C19H26N2O4S/c1-25-19(24)17-13-8-4-2-5-9-14(13)26-18(17)20-15(22)12-21-11-7-3-6-10-16(21)23/h2-12H2,1H3,(H,20,22). The van der Waals surface area contributed by atoms with Gasteiger partial charge in [0, 0.05) is 17.8 Å². The van der Waals surface area contributed by atoms with Crippen molar-refractivity contribution >= 4 is 34.1 Å². The lowest BCUT2D eigenvalue weighted by molar-refractivity contribution is -0.134. The number of carbonyl (C=O) groups is 3. The van der Waals surface area contributed by atoms with E-state index in [2.05, 4.69) is 5.32 Å². The Morgan fingerprint density at radius 1 is 1.08 bits per heavy atom. The lowest BCUT2D eigenvalue weighted by Crippen LogP contribution is -2.37. The molecule has 1 aliphatic heterocycles. The predicted molar refractivity (Wildman–Crippen MR) is 101 cm³/mol. The molecular formula is C19H26N2O4S. The number of hydrogen-bond acceptors (Lipinski definition) is 5. The second-order valence-electron chi connectivity index (χ2n) is 6.93. The van der Waals surface area contributed by atoms with Crippen LogP contribution in [0, 0.1) is 0 Å². The van der Waals surface area contributed by atoms with Crippen LogP contribution in [0.2, 0.25) is 0 Å². The lowest BCUT2D eigenvalue weighted by Gasteiger charge is -2.19. The molecule has 0 unspecified atom stereocenters. The number of fused-ring (bicyclic) bond motifs is 1. The summed E-state index contributed by atoms with van der Waals surface area (Å²) in [6.07, 6.45) is 8.43. The first-order chi connectivity index (χ1) is 12.6. The van der Waals surface area contributed by atoms with Gasteiger partial charge in [0.25, 0.3) is 0 Å². The summed E-state index contributed by atoms with van der Waals surface area (Å²) < 4.78 is 4.96. The highest BCUT2D eigenvalue weighted by atomic mass is 32.1. The van der Waals surface area contributed by atoms with Gasteiger partial charge < -0.3 is 15.0 Å². The van der Waals surface area contributed by atoms with Crippen LogP contribution < -0.4 is 5.32 Å². The van der Waals surface area contributed by atoms with Crippen LogP contribution >= 0.6 is 11.3 Å². The number of thiophene rings is 1. The molecule has 2 amide bonds. The zero-order chi connectivity index (χ0) is 18.5. The van der Waals surface area contributed by atoms with Crippen LogP contribution in [0.15, 0.2) is 0 Å². The van der Waals surface area contributed by atoms with E-state index in [4.69, 9.17) is 4.74 Å². The fourth-order valence-electron chi connectivity index (χ4n) is 3.69. The second kappa shape index (κ2) is 8.66. The summed E-state index contributed by atoms with van der Waals surface area (Å²) >= 11 is 1.48. The summed E-state index contributed by atoms with van der Waals surface area (Å²) in [5, 5.41) is 3.44. The molecule has 1 N–H and O–H groups in total. The minimum Gasteiger partial charge on any atom is -0.465 e. The van der Waals surface area contributed by atoms with E-state index < -0.39 is 5.97 Å². The smallest absolute Gasteiger partial charge is 0.341 e. The summed E-state index contributed by atoms with van der Waals surface area (Å²) in [4.78, 5) is 39.7. The SMILES string of the molecule is COC(=O)c1c(NC(=O)CN2CCCCCC2=O)sc2c1CCCCC2. The summed E-state index contributed by atoms with van der Waals surface area (Å²) in [6.45, 7) is 0.666. The summed E-state index contributed by atoms with van der Waals surface area (Å²) in [5.74, 6) is -0.611. The molecule has 2 heterocycles. The number of aryl methyl sites for hydroxylation is 1. The van der Waals surface area contributed by atoms with Crippen molar-refractivity contribution in [3.05, 3.63) is 16.0 Å². The van der Waals surface area contributed by atoms with Crippen molar-refractivity contribution < 1.29 is 19.1 Å². The predicted octanol–water partition coefficient (Wildman–Crippen LogP) is 3.14. The number of esters is 1. The number of amides is 2. The van der Waals surface area contributed by atoms with Crippen molar-refractivity contribution in [3.63, 3.8) is 0 Å². The van der Waals surface area contributed by atoms with Crippen LogP contribution in [0.25, 0.3) is 0 Å².